The highest BCUT2D eigenvalue weighted by Crippen LogP contribution is 2.39. The van der Waals surface area contributed by atoms with Gasteiger partial charge in [-0.2, -0.15) is 5.11 Å². The Bertz CT molecular complexity index is 1910. The Morgan fingerprint density at radius 2 is 1.83 bits per heavy atom. The van der Waals surface area contributed by atoms with Gasteiger partial charge in [-0.15, -0.1) is 0 Å². The van der Waals surface area contributed by atoms with E-state index in [1.807, 2.05) is 6.07 Å². The molecule has 48 heavy (non-hydrogen) atoms. The topological polar surface area (TPSA) is 225 Å². The van der Waals surface area contributed by atoms with E-state index in [2.05, 4.69) is 10.4 Å². The largest absolute Gasteiger partial charge is 0.505 e. The number of aliphatic hydroxyl groups excluding tert-OH is 1. The fraction of sp³-hybridized carbons (Fsp3) is 0.303. The van der Waals surface area contributed by atoms with E-state index in [4.69, 9.17) is 39.4 Å². The van der Waals surface area contributed by atoms with E-state index in [9.17, 15) is 24.6 Å². The normalized spacial score (nSPS) is 20.1. The summed E-state index contributed by atoms with van der Waals surface area (Å²) in [6, 6.07) is 16.1. The number of aromatic hydroxyl groups is 1. The van der Waals surface area contributed by atoms with Gasteiger partial charge in [0.2, 0.25) is 6.29 Å². The molecule has 2 amide bonds. The molecule has 4 aromatic rings. The molecular weight excluding hydrogens is 628 g/mol. The molecule has 0 aliphatic carbocycles. The molecule has 5 rings (SSSR count). The number of aliphatic hydroxyl groups is 1. The Morgan fingerprint density at radius 3 is 2.50 bits per heavy atom. The van der Waals surface area contributed by atoms with Crippen molar-refractivity contribution in [2.45, 2.75) is 57.5 Å². The molecule has 0 bridgehead atoms. The van der Waals surface area contributed by atoms with E-state index < -0.39 is 59.3 Å². The van der Waals surface area contributed by atoms with Crippen LogP contribution in [0.1, 0.15) is 35.3 Å². The third-order valence-corrected chi connectivity index (χ3v) is 7.80. The highest BCUT2D eigenvalue weighted by Gasteiger charge is 2.53. The summed E-state index contributed by atoms with van der Waals surface area (Å²) in [5.74, 6) is -0.403. The summed E-state index contributed by atoms with van der Waals surface area (Å²) >= 11 is 0. The predicted molar refractivity (Wildman–Crippen MR) is 169 cm³/mol. The number of fused-ring (bicyclic) bond motifs is 1. The maximum Gasteiger partial charge on any atom is 0.404 e. The first-order valence-corrected chi connectivity index (χ1v) is 14.7. The zero-order valence-corrected chi connectivity index (χ0v) is 26.4. The van der Waals surface area contributed by atoms with Crippen LogP contribution >= 0.6 is 0 Å². The number of aryl methyl sites for hydroxylation is 1. The summed E-state index contributed by atoms with van der Waals surface area (Å²) in [6.07, 6.45) is -6.15. The quantitative estimate of drug-likeness (QED) is 0.115. The minimum absolute atomic E-state index is 0.0170. The van der Waals surface area contributed by atoms with Gasteiger partial charge in [0.05, 0.1) is 17.5 Å². The zero-order valence-electron chi connectivity index (χ0n) is 26.4. The molecular formula is C33H34N4O11. The van der Waals surface area contributed by atoms with Crippen LogP contribution in [0, 0.1) is 12.5 Å². The first-order chi connectivity index (χ1) is 22.8. The molecule has 6 N–H and O–H groups in total. The lowest BCUT2D eigenvalue weighted by Gasteiger charge is -2.47. The standard InChI is InChI=1S/C33H34N4O11/c1-16-21(45-31-25(39)27(47-32(34)42)28(43-4)33(2,3)48-31)13-12-20-24(38)23(30(41)46-26(16)20)37-29(40)17-10-11-18(15-36-35)22(14-17)44-19-8-6-5-7-9-19/h5-14,25,27-28,31,35,38-39H,15H2,1-4H3,(H2,34,42)(H,37,40)/t25-,27+,28-,31-/m1/s1. The molecule has 1 fully saturated rings. The van der Waals surface area contributed by atoms with E-state index in [-0.39, 0.29) is 40.1 Å². The number of primary amides is 1. The van der Waals surface area contributed by atoms with Crippen molar-refractivity contribution in [3.05, 3.63) is 87.8 Å². The molecule has 0 saturated carbocycles. The Balaban J connectivity index is 1.42. The van der Waals surface area contributed by atoms with E-state index in [1.165, 1.54) is 31.4 Å². The molecule has 1 aliphatic rings. The van der Waals surface area contributed by atoms with Crippen LogP contribution in [0.15, 0.2) is 75.0 Å². The number of carbonyl (C=O) groups is 2. The van der Waals surface area contributed by atoms with Crippen LogP contribution in [0.3, 0.4) is 0 Å². The molecule has 0 spiro atoms. The fourth-order valence-electron chi connectivity index (χ4n) is 5.48. The molecule has 1 aromatic heterocycles. The van der Waals surface area contributed by atoms with Crippen LogP contribution < -0.4 is 26.1 Å². The zero-order chi connectivity index (χ0) is 34.7. The summed E-state index contributed by atoms with van der Waals surface area (Å²) in [5, 5.41) is 28.0. The smallest absolute Gasteiger partial charge is 0.404 e. The van der Waals surface area contributed by atoms with Crippen molar-refractivity contribution in [2.75, 3.05) is 12.4 Å². The Morgan fingerprint density at radius 1 is 1.10 bits per heavy atom. The number of hydrogen-bond acceptors (Lipinski definition) is 13. The predicted octanol–water partition coefficient (Wildman–Crippen LogP) is 4.74. The van der Waals surface area contributed by atoms with Crippen LogP contribution in [0.5, 0.6) is 23.0 Å². The Hall–Kier alpha value is -5.51. The van der Waals surface area contributed by atoms with Crippen molar-refractivity contribution in [3.8, 4) is 23.0 Å². The third kappa shape index (κ3) is 6.78. The first kappa shape index (κ1) is 33.8. The van der Waals surface area contributed by atoms with Crippen LogP contribution in [0.2, 0.25) is 0 Å². The van der Waals surface area contributed by atoms with Crippen LogP contribution in [-0.4, -0.2) is 59.5 Å². The van der Waals surface area contributed by atoms with Crippen molar-refractivity contribution in [1.82, 2.24) is 0 Å². The minimum atomic E-state index is -1.53. The summed E-state index contributed by atoms with van der Waals surface area (Å²) in [7, 11) is 1.37. The van der Waals surface area contributed by atoms with Crippen molar-refractivity contribution in [3.63, 3.8) is 0 Å². The Labute approximate surface area is 273 Å². The molecule has 15 nitrogen and oxygen atoms in total. The SMILES string of the molecule is CO[C@@H]1[C@@H](OC(N)=O)[C@@H](O)[C@H](Oc2ccc3c(O)c(NC(=O)c4ccc(CN=N)c(Oc5ccccc5)c4)c(=O)oc3c2C)OC1(C)C. The molecule has 4 atom stereocenters. The van der Waals surface area contributed by atoms with E-state index in [0.717, 1.165) is 0 Å². The van der Waals surface area contributed by atoms with Gasteiger partial charge in [-0.1, -0.05) is 24.3 Å². The average molecular weight is 663 g/mol. The van der Waals surface area contributed by atoms with Gasteiger partial charge in [0.25, 0.3) is 5.91 Å². The minimum Gasteiger partial charge on any atom is -0.505 e. The lowest BCUT2D eigenvalue weighted by Crippen LogP contribution is -2.65. The number of rotatable bonds is 10. The molecule has 1 aliphatic heterocycles. The average Bonchev–Trinajstić information content (AvgIpc) is 3.04. The second-order valence-corrected chi connectivity index (χ2v) is 11.4. The Kier molecular flexibility index (Phi) is 9.65. The number of anilines is 1. The summed E-state index contributed by atoms with van der Waals surface area (Å²) in [4.78, 5) is 37.9. The maximum atomic E-state index is 13.3. The van der Waals surface area contributed by atoms with Gasteiger partial charge in [-0.25, -0.2) is 15.1 Å². The second kappa shape index (κ2) is 13.7. The van der Waals surface area contributed by atoms with Gasteiger partial charge < -0.3 is 49.4 Å². The number of carbonyl (C=O) groups excluding carboxylic acids is 2. The number of para-hydroxylation sites is 1. The highest BCUT2D eigenvalue weighted by atomic mass is 16.7. The summed E-state index contributed by atoms with van der Waals surface area (Å²) in [5.41, 5.74) is 10.7. The molecule has 0 unspecified atom stereocenters. The lowest BCUT2D eigenvalue weighted by atomic mass is 9.89. The van der Waals surface area contributed by atoms with Crippen LogP contribution in [-0.2, 0) is 20.8 Å². The number of nitrogens with zero attached hydrogens (tertiary/aromatic N) is 1. The first-order valence-electron chi connectivity index (χ1n) is 14.7. The molecule has 15 heteroatoms. The lowest BCUT2D eigenvalue weighted by molar-refractivity contribution is -0.304. The summed E-state index contributed by atoms with van der Waals surface area (Å²) in [6.45, 7) is 4.87. The number of benzene rings is 3. The van der Waals surface area contributed by atoms with Gasteiger partial charge in [0.15, 0.2) is 23.6 Å². The number of methoxy groups -OCH3 is 1. The van der Waals surface area contributed by atoms with E-state index >= 15 is 0 Å². The number of nitrogens with one attached hydrogen (secondary N) is 2. The second-order valence-electron chi connectivity index (χ2n) is 11.4. The van der Waals surface area contributed by atoms with E-state index in [0.29, 0.717) is 11.3 Å². The van der Waals surface area contributed by atoms with Gasteiger partial charge in [-0.3, -0.25) is 4.79 Å². The maximum absolute atomic E-state index is 13.3. The van der Waals surface area contributed by atoms with Crippen molar-refractivity contribution < 1.29 is 47.9 Å². The third-order valence-electron chi connectivity index (χ3n) is 7.80. The summed E-state index contributed by atoms with van der Waals surface area (Å²) < 4.78 is 33.9. The molecule has 252 valence electrons. The van der Waals surface area contributed by atoms with Crippen LogP contribution in [0.25, 0.3) is 11.0 Å². The van der Waals surface area contributed by atoms with Gasteiger partial charge in [0.1, 0.15) is 28.9 Å². The fourth-order valence-corrected chi connectivity index (χ4v) is 5.48. The highest BCUT2D eigenvalue weighted by molar-refractivity contribution is 6.06. The van der Waals surface area contributed by atoms with Crippen molar-refractivity contribution in [2.24, 2.45) is 10.8 Å². The number of hydrogen-bond donors (Lipinski definition) is 5. The monoisotopic (exact) mass is 662 g/mol. The number of nitrogens with two attached hydrogens (primary N) is 1. The molecule has 3 aromatic carbocycles. The van der Waals surface area contributed by atoms with Crippen molar-refractivity contribution >= 4 is 28.7 Å². The van der Waals surface area contributed by atoms with Gasteiger partial charge in [0, 0.05) is 23.8 Å². The van der Waals surface area contributed by atoms with E-state index in [1.54, 1.807) is 51.1 Å². The van der Waals surface area contributed by atoms with Crippen LogP contribution in [0.4, 0.5) is 10.5 Å². The van der Waals surface area contributed by atoms with Gasteiger partial charge in [-0.05, 0) is 57.2 Å². The molecule has 2 heterocycles. The molecule has 0 radical (unpaired) electrons. The van der Waals surface area contributed by atoms with Crippen molar-refractivity contribution in [1.29, 1.82) is 5.53 Å². The number of amides is 2. The van der Waals surface area contributed by atoms with Gasteiger partial charge >= 0.3 is 11.7 Å². The molecule has 1 saturated heterocycles. The number of ether oxygens (including phenoxy) is 5.